The second-order valence-electron chi connectivity index (χ2n) is 3.11. The monoisotopic (exact) mass is 365 g/mol. The van der Waals surface area contributed by atoms with Gasteiger partial charge in [0.05, 0.1) is 18.0 Å². The van der Waals surface area contributed by atoms with Gasteiger partial charge in [0.1, 0.15) is 5.75 Å². The smallest absolute Gasteiger partial charge is 0.344 e. The molecule has 0 amide bonds. The molecule has 6 heteroatoms. The fourth-order valence-corrected chi connectivity index (χ4v) is 1.89. The Morgan fingerprint density at radius 1 is 1.35 bits per heavy atom. The first-order valence-corrected chi connectivity index (χ1v) is 7.34. The third-order valence-corrected chi connectivity index (χ3v) is 3.01. The van der Waals surface area contributed by atoms with Crippen molar-refractivity contribution >= 4 is 37.8 Å². The molecular formula is C11H13Br2NO3. The fourth-order valence-electron chi connectivity index (χ4n) is 1.17. The van der Waals surface area contributed by atoms with Gasteiger partial charge in [0.15, 0.2) is 6.61 Å². The van der Waals surface area contributed by atoms with Gasteiger partial charge in [0.25, 0.3) is 0 Å². The van der Waals surface area contributed by atoms with E-state index < -0.39 is 0 Å². The third-order valence-electron chi connectivity index (χ3n) is 1.90. The molecule has 0 aliphatic rings. The SMILES string of the molecule is CCOC(=O)COc1ccc(CBr)nc1CBr. The predicted molar refractivity (Wildman–Crippen MR) is 71.6 cm³/mol. The summed E-state index contributed by atoms with van der Waals surface area (Å²) in [6.45, 7) is 2.02. The number of hydrogen-bond donors (Lipinski definition) is 0. The molecule has 0 aromatic carbocycles. The van der Waals surface area contributed by atoms with Crippen molar-refractivity contribution < 1.29 is 14.3 Å². The molecule has 0 atom stereocenters. The van der Waals surface area contributed by atoms with Gasteiger partial charge in [-0.3, -0.25) is 4.98 Å². The van der Waals surface area contributed by atoms with Gasteiger partial charge in [-0.05, 0) is 19.1 Å². The molecular weight excluding hydrogens is 354 g/mol. The molecule has 0 aliphatic carbocycles. The van der Waals surface area contributed by atoms with Crippen LogP contribution in [0.3, 0.4) is 0 Å². The van der Waals surface area contributed by atoms with Crippen molar-refractivity contribution in [2.75, 3.05) is 13.2 Å². The Kier molecular flexibility index (Phi) is 6.50. The number of alkyl halides is 2. The van der Waals surface area contributed by atoms with E-state index in [0.29, 0.717) is 23.0 Å². The Bertz CT molecular complexity index is 385. The fraction of sp³-hybridized carbons (Fsp3) is 0.455. The Labute approximate surface area is 117 Å². The maximum atomic E-state index is 11.2. The van der Waals surface area contributed by atoms with Crippen LogP contribution in [0.2, 0.25) is 0 Å². The molecule has 4 nitrogen and oxygen atoms in total. The van der Waals surface area contributed by atoms with E-state index in [1.54, 1.807) is 13.0 Å². The van der Waals surface area contributed by atoms with Crippen LogP contribution in [0.4, 0.5) is 0 Å². The van der Waals surface area contributed by atoms with E-state index in [4.69, 9.17) is 9.47 Å². The van der Waals surface area contributed by atoms with E-state index in [9.17, 15) is 4.79 Å². The summed E-state index contributed by atoms with van der Waals surface area (Å²) in [5.74, 6) is 0.220. The summed E-state index contributed by atoms with van der Waals surface area (Å²) >= 11 is 6.67. The van der Waals surface area contributed by atoms with Gasteiger partial charge in [-0.1, -0.05) is 31.9 Å². The third kappa shape index (κ3) is 4.63. The quantitative estimate of drug-likeness (QED) is 0.573. The summed E-state index contributed by atoms with van der Waals surface area (Å²) in [4.78, 5) is 15.5. The lowest BCUT2D eigenvalue weighted by Gasteiger charge is -2.09. The zero-order valence-corrected chi connectivity index (χ0v) is 12.6. The molecule has 0 saturated carbocycles. The van der Waals surface area contributed by atoms with Crippen LogP contribution in [-0.4, -0.2) is 24.2 Å². The van der Waals surface area contributed by atoms with Gasteiger partial charge in [0, 0.05) is 10.7 Å². The highest BCUT2D eigenvalue weighted by Crippen LogP contribution is 2.20. The Morgan fingerprint density at radius 2 is 2.12 bits per heavy atom. The number of pyridine rings is 1. The first-order chi connectivity index (χ1) is 8.21. The van der Waals surface area contributed by atoms with Crippen LogP contribution in [0.5, 0.6) is 5.75 Å². The van der Waals surface area contributed by atoms with E-state index in [0.717, 1.165) is 11.4 Å². The van der Waals surface area contributed by atoms with E-state index in [1.807, 2.05) is 6.07 Å². The standard InChI is InChI=1S/C11H13Br2NO3/c1-2-16-11(15)7-17-10-4-3-8(5-12)14-9(10)6-13/h3-4H,2,5-7H2,1H3. The van der Waals surface area contributed by atoms with Crippen molar-refractivity contribution in [1.82, 2.24) is 4.98 Å². The number of carbonyl (C=O) groups is 1. The average Bonchev–Trinajstić information content (AvgIpc) is 2.36. The first kappa shape index (κ1) is 14.4. The van der Waals surface area contributed by atoms with Crippen molar-refractivity contribution in [1.29, 1.82) is 0 Å². The van der Waals surface area contributed by atoms with E-state index in [-0.39, 0.29) is 12.6 Å². The van der Waals surface area contributed by atoms with Crippen molar-refractivity contribution in [2.24, 2.45) is 0 Å². The van der Waals surface area contributed by atoms with E-state index >= 15 is 0 Å². The summed E-state index contributed by atoms with van der Waals surface area (Å²) in [6, 6.07) is 3.65. The molecule has 0 fully saturated rings. The minimum Gasteiger partial charge on any atom is -0.480 e. The lowest BCUT2D eigenvalue weighted by molar-refractivity contribution is -0.145. The highest BCUT2D eigenvalue weighted by atomic mass is 79.9. The second-order valence-corrected chi connectivity index (χ2v) is 4.23. The van der Waals surface area contributed by atoms with Crippen molar-refractivity contribution in [3.05, 3.63) is 23.5 Å². The van der Waals surface area contributed by atoms with Crippen LogP contribution >= 0.6 is 31.9 Å². The van der Waals surface area contributed by atoms with Crippen LogP contribution in [-0.2, 0) is 20.2 Å². The van der Waals surface area contributed by atoms with Gasteiger partial charge in [-0.25, -0.2) is 4.79 Å². The zero-order valence-electron chi connectivity index (χ0n) is 9.41. The molecule has 0 N–H and O–H groups in total. The number of carbonyl (C=O) groups excluding carboxylic acids is 1. The average molecular weight is 367 g/mol. The lowest BCUT2D eigenvalue weighted by atomic mass is 10.3. The lowest BCUT2D eigenvalue weighted by Crippen LogP contribution is -2.15. The predicted octanol–water partition coefficient (Wildman–Crippen LogP) is 2.81. The van der Waals surface area contributed by atoms with Crippen molar-refractivity contribution in [3.8, 4) is 5.75 Å². The van der Waals surface area contributed by atoms with E-state index in [2.05, 4.69) is 36.8 Å². The zero-order chi connectivity index (χ0) is 12.7. The number of hydrogen-bond acceptors (Lipinski definition) is 4. The maximum absolute atomic E-state index is 11.2. The summed E-state index contributed by atoms with van der Waals surface area (Å²) in [6.07, 6.45) is 0. The Balaban J connectivity index is 2.67. The van der Waals surface area contributed by atoms with Crippen LogP contribution in [0, 0.1) is 0 Å². The van der Waals surface area contributed by atoms with Crippen LogP contribution in [0.15, 0.2) is 12.1 Å². The van der Waals surface area contributed by atoms with Crippen LogP contribution in [0.1, 0.15) is 18.3 Å². The molecule has 0 bridgehead atoms. The second kappa shape index (κ2) is 7.66. The van der Waals surface area contributed by atoms with Gasteiger partial charge in [-0.2, -0.15) is 0 Å². The minimum absolute atomic E-state index is 0.0941. The molecule has 0 aliphatic heterocycles. The van der Waals surface area contributed by atoms with Gasteiger partial charge < -0.3 is 9.47 Å². The highest BCUT2D eigenvalue weighted by Gasteiger charge is 2.08. The normalized spacial score (nSPS) is 10.1. The number of nitrogens with zero attached hydrogens (tertiary/aromatic N) is 1. The van der Waals surface area contributed by atoms with Crippen molar-refractivity contribution in [3.63, 3.8) is 0 Å². The Morgan fingerprint density at radius 3 is 2.71 bits per heavy atom. The molecule has 17 heavy (non-hydrogen) atoms. The summed E-state index contributed by atoms with van der Waals surface area (Å²) in [5.41, 5.74) is 1.69. The molecule has 0 saturated heterocycles. The summed E-state index contributed by atoms with van der Waals surface area (Å²) in [5, 5.41) is 1.26. The number of esters is 1. The number of halogens is 2. The summed E-state index contributed by atoms with van der Waals surface area (Å²) < 4.78 is 10.1. The molecule has 1 aromatic rings. The molecule has 0 radical (unpaired) electrons. The van der Waals surface area contributed by atoms with Gasteiger partial charge in [-0.15, -0.1) is 0 Å². The van der Waals surface area contributed by atoms with Crippen LogP contribution < -0.4 is 4.74 Å². The highest BCUT2D eigenvalue weighted by molar-refractivity contribution is 9.08. The van der Waals surface area contributed by atoms with Crippen LogP contribution in [0.25, 0.3) is 0 Å². The van der Waals surface area contributed by atoms with Crippen molar-refractivity contribution in [2.45, 2.75) is 17.6 Å². The number of aromatic nitrogens is 1. The molecule has 1 aromatic heterocycles. The molecule has 1 rings (SSSR count). The van der Waals surface area contributed by atoms with Gasteiger partial charge in [0.2, 0.25) is 0 Å². The largest absolute Gasteiger partial charge is 0.480 e. The molecule has 0 spiro atoms. The maximum Gasteiger partial charge on any atom is 0.344 e. The van der Waals surface area contributed by atoms with E-state index in [1.165, 1.54) is 0 Å². The van der Waals surface area contributed by atoms with Gasteiger partial charge >= 0.3 is 5.97 Å². The molecule has 94 valence electrons. The Hall–Kier alpha value is -0.620. The topological polar surface area (TPSA) is 48.4 Å². The minimum atomic E-state index is -0.377. The first-order valence-electron chi connectivity index (χ1n) is 5.10. The number of rotatable bonds is 6. The number of ether oxygens (including phenoxy) is 2. The molecule has 0 unspecified atom stereocenters. The summed E-state index contributed by atoms with van der Waals surface area (Å²) in [7, 11) is 0. The molecule has 1 heterocycles.